The Kier molecular flexibility index (Phi) is 3.16. The van der Waals surface area contributed by atoms with Crippen molar-refractivity contribution in [2.24, 2.45) is 11.7 Å². The number of aliphatic hydroxyl groups is 1. The predicted octanol–water partition coefficient (Wildman–Crippen LogP) is 0.886. The molecule has 0 aromatic carbocycles. The lowest BCUT2D eigenvalue weighted by Crippen LogP contribution is -2.14. The van der Waals surface area contributed by atoms with Gasteiger partial charge in [-0.15, -0.1) is 0 Å². The fourth-order valence-corrected chi connectivity index (χ4v) is 1.76. The third-order valence-electron chi connectivity index (χ3n) is 2.35. The molecule has 0 amide bonds. The van der Waals surface area contributed by atoms with Gasteiger partial charge in [0.15, 0.2) is 0 Å². The Labute approximate surface area is 62.4 Å². The minimum Gasteiger partial charge on any atom is -0.396 e. The molecule has 0 radical (unpaired) electrons. The van der Waals surface area contributed by atoms with Crippen LogP contribution >= 0.6 is 0 Å². The lowest BCUT2D eigenvalue weighted by molar-refractivity contribution is 0.271. The molecule has 1 rings (SSSR count). The van der Waals surface area contributed by atoms with E-state index in [9.17, 15) is 0 Å². The first kappa shape index (κ1) is 8.02. The third-order valence-corrected chi connectivity index (χ3v) is 2.35. The van der Waals surface area contributed by atoms with Crippen LogP contribution < -0.4 is 5.73 Å². The maximum absolute atomic E-state index is 8.56. The van der Waals surface area contributed by atoms with Gasteiger partial charge < -0.3 is 10.8 Å². The molecule has 0 spiro atoms. The first-order chi connectivity index (χ1) is 4.83. The molecule has 0 aromatic heterocycles. The van der Waals surface area contributed by atoms with Crippen LogP contribution in [-0.4, -0.2) is 17.8 Å². The molecule has 0 saturated heterocycles. The van der Waals surface area contributed by atoms with Gasteiger partial charge in [-0.05, 0) is 38.0 Å². The van der Waals surface area contributed by atoms with Gasteiger partial charge in [0.25, 0.3) is 0 Å². The van der Waals surface area contributed by atoms with Crippen molar-refractivity contribution in [2.45, 2.75) is 38.1 Å². The number of hydrogen-bond acceptors (Lipinski definition) is 2. The van der Waals surface area contributed by atoms with E-state index in [0.29, 0.717) is 12.6 Å². The van der Waals surface area contributed by atoms with E-state index in [1.165, 1.54) is 25.7 Å². The normalized spacial score (nSPS) is 33.0. The molecule has 2 heteroatoms. The van der Waals surface area contributed by atoms with Crippen molar-refractivity contribution >= 4 is 0 Å². The summed E-state index contributed by atoms with van der Waals surface area (Å²) >= 11 is 0. The highest BCUT2D eigenvalue weighted by Crippen LogP contribution is 2.27. The lowest BCUT2D eigenvalue weighted by atomic mass is 10.0. The topological polar surface area (TPSA) is 46.2 Å². The highest BCUT2D eigenvalue weighted by atomic mass is 16.2. The Hall–Kier alpha value is -0.0800. The third kappa shape index (κ3) is 2.27. The lowest BCUT2D eigenvalue weighted by Gasteiger charge is -2.06. The predicted molar refractivity (Wildman–Crippen MR) is 41.6 cm³/mol. The summed E-state index contributed by atoms with van der Waals surface area (Å²) in [5.74, 6) is 0.808. The summed E-state index contributed by atoms with van der Waals surface area (Å²) in [6.07, 6.45) is 5.78. The minimum absolute atomic E-state index is 0.339. The van der Waals surface area contributed by atoms with Crippen molar-refractivity contribution < 1.29 is 5.11 Å². The SMILES string of the molecule is NC1CCC(CCCO)C1. The van der Waals surface area contributed by atoms with E-state index in [1.54, 1.807) is 0 Å². The molecule has 2 nitrogen and oxygen atoms in total. The number of hydrogen-bond donors (Lipinski definition) is 2. The van der Waals surface area contributed by atoms with E-state index in [0.717, 1.165) is 12.3 Å². The first-order valence-corrected chi connectivity index (χ1v) is 4.19. The zero-order valence-electron chi connectivity index (χ0n) is 6.42. The zero-order chi connectivity index (χ0) is 7.40. The van der Waals surface area contributed by atoms with E-state index >= 15 is 0 Å². The molecule has 60 valence electrons. The first-order valence-electron chi connectivity index (χ1n) is 4.19. The van der Waals surface area contributed by atoms with Gasteiger partial charge in [-0.1, -0.05) is 0 Å². The van der Waals surface area contributed by atoms with Crippen LogP contribution in [-0.2, 0) is 0 Å². The molecule has 2 atom stereocenters. The fraction of sp³-hybridized carbons (Fsp3) is 1.00. The molecule has 1 aliphatic rings. The maximum atomic E-state index is 8.56. The molecule has 0 bridgehead atoms. The van der Waals surface area contributed by atoms with Crippen LogP contribution in [0.25, 0.3) is 0 Å². The van der Waals surface area contributed by atoms with Crippen molar-refractivity contribution in [3.8, 4) is 0 Å². The second-order valence-corrected chi connectivity index (χ2v) is 3.30. The van der Waals surface area contributed by atoms with Crippen molar-refractivity contribution in [1.29, 1.82) is 0 Å². The molecule has 0 heterocycles. The standard InChI is InChI=1S/C8H17NO/c9-8-4-3-7(6-8)2-1-5-10/h7-8,10H,1-6,9H2. The smallest absolute Gasteiger partial charge is 0.0431 e. The zero-order valence-corrected chi connectivity index (χ0v) is 6.42. The Morgan fingerprint density at radius 1 is 1.40 bits per heavy atom. The van der Waals surface area contributed by atoms with E-state index < -0.39 is 0 Å². The van der Waals surface area contributed by atoms with E-state index in [4.69, 9.17) is 10.8 Å². The van der Waals surface area contributed by atoms with E-state index in [2.05, 4.69) is 0 Å². The Balaban J connectivity index is 2.06. The molecule has 0 aliphatic heterocycles. The number of nitrogens with two attached hydrogens (primary N) is 1. The van der Waals surface area contributed by atoms with Crippen LogP contribution in [0, 0.1) is 5.92 Å². The Morgan fingerprint density at radius 3 is 2.70 bits per heavy atom. The van der Waals surface area contributed by atoms with E-state index in [1.807, 2.05) is 0 Å². The molecule has 1 fully saturated rings. The molecule has 0 aromatic rings. The summed E-state index contributed by atoms with van der Waals surface area (Å²) in [5, 5.41) is 8.56. The van der Waals surface area contributed by atoms with Crippen molar-refractivity contribution in [3.63, 3.8) is 0 Å². The fourth-order valence-electron chi connectivity index (χ4n) is 1.76. The van der Waals surface area contributed by atoms with Crippen molar-refractivity contribution in [2.75, 3.05) is 6.61 Å². The van der Waals surface area contributed by atoms with Crippen LogP contribution in [0.1, 0.15) is 32.1 Å². The average Bonchev–Trinajstić information content (AvgIpc) is 2.31. The summed E-state index contributed by atoms with van der Waals surface area (Å²) in [6, 6.07) is 0.448. The van der Waals surface area contributed by atoms with Gasteiger partial charge in [0.2, 0.25) is 0 Å². The molecular formula is C8H17NO. The second kappa shape index (κ2) is 3.94. The second-order valence-electron chi connectivity index (χ2n) is 3.30. The number of rotatable bonds is 3. The molecule has 10 heavy (non-hydrogen) atoms. The molecule has 1 saturated carbocycles. The van der Waals surface area contributed by atoms with Crippen LogP contribution in [0.5, 0.6) is 0 Å². The van der Waals surface area contributed by atoms with Gasteiger partial charge in [-0.25, -0.2) is 0 Å². The van der Waals surface area contributed by atoms with Crippen LogP contribution in [0.3, 0.4) is 0 Å². The molecular weight excluding hydrogens is 126 g/mol. The quantitative estimate of drug-likeness (QED) is 0.616. The van der Waals surface area contributed by atoms with Crippen molar-refractivity contribution in [1.82, 2.24) is 0 Å². The molecule has 1 aliphatic carbocycles. The van der Waals surface area contributed by atoms with Gasteiger partial charge in [-0.3, -0.25) is 0 Å². The van der Waals surface area contributed by atoms with Gasteiger partial charge in [0.05, 0.1) is 0 Å². The Morgan fingerprint density at radius 2 is 2.20 bits per heavy atom. The Bertz CT molecular complexity index is 95.3. The maximum Gasteiger partial charge on any atom is 0.0431 e. The highest BCUT2D eigenvalue weighted by Gasteiger charge is 2.20. The molecule has 2 unspecified atom stereocenters. The summed E-state index contributed by atoms with van der Waals surface area (Å²) < 4.78 is 0. The summed E-state index contributed by atoms with van der Waals surface area (Å²) in [7, 11) is 0. The van der Waals surface area contributed by atoms with Gasteiger partial charge >= 0.3 is 0 Å². The summed E-state index contributed by atoms with van der Waals surface area (Å²) in [6.45, 7) is 0.339. The van der Waals surface area contributed by atoms with Crippen LogP contribution in [0.15, 0.2) is 0 Å². The monoisotopic (exact) mass is 143 g/mol. The van der Waals surface area contributed by atoms with Gasteiger partial charge in [0, 0.05) is 12.6 Å². The largest absolute Gasteiger partial charge is 0.396 e. The number of aliphatic hydroxyl groups excluding tert-OH is 1. The summed E-state index contributed by atoms with van der Waals surface area (Å²) in [4.78, 5) is 0. The van der Waals surface area contributed by atoms with Crippen LogP contribution in [0.2, 0.25) is 0 Å². The molecule has 3 N–H and O–H groups in total. The summed E-state index contributed by atoms with van der Waals surface area (Å²) in [5.41, 5.74) is 5.73. The van der Waals surface area contributed by atoms with Gasteiger partial charge in [0.1, 0.15) is 0 Å². The highest BCUT2D eigenvalue weighted by molar-refractivity contribution is 4.77. The van der Waals surface area contributed by atoms with Gasteiger partial charge in [-0.2, -0.15) is 0 Å². The average molecular weight is 143 g/mol. The van der Waals surface area contributed by atoms with E-state index in [-0.39, 0.29) is 0 Å². The van der Waals surface area contributed by atoms with Crippen LogP contribution in [0.4, 0.5) is 0 Å². The van der Waals surface area contributed by atoms with Crippen molar-refractivity contribution in [3.05, 3.63) is 0 Å². The minimum atomic E-state index is 0.339.